The first kappa shape index (κ1) is 7.64. The van der Waals surface area contributed by atoms with Crippen LogP contribution in [0, 0.1) is 33.3 Å². The molecule has 0 saturated heterocycles. The molecular weight excluding hydrogens is 232 g/mol. The van der Waals surface area contributed by atoms with Crippen LogP contribution in [0.15, 0.2) is 0 Å². The maximum Gasteiger partial charge on any atom is 0.0117 e. The van der Waals surface area contributed by atoms with Crippen molar-refractivity contribution in [3.05, 3.63) is 0 Å². The molecule has 0 rings (SSSR count). The molecule has 38 valence electrons. The van der Waals surface area contributed by atoms with Crippen molar-refractivity contribution in [2.45, 2.75) is 0 Å². The standard InChI is InChI=1S/C6Br2/c7-5-3-1-2-4-6-8. The lowest BCUT2D eigenvalue weighted by Gasteiger charge is -1.49. The summed E-state index contributed by atoms with van der Waals surface area (Å²) in [4.78, 5) is 4.86. The van der Waals surface area contributed by atoms with Crippen LogP contribution in [-0.4, -0.2) is 0 Å². The van der Waals surface area contributed by atoms with Gasteiger partial charge in [-0.3, -0.25) is 0 Å². The van der Waals surface area contributed by atoms with Crippen LogP contribution in [0.3, 0.4) is 0 Å². The van der Waals surface area contributed by atoms with Crippen molar-refractivity contribution in [1.29, 1.82) is 0 Å². The first-order chi connectivity index (χ1) is 3.91. The molecule has 0 N–H and O–H groups in total. The van der Waals surface area contributed by atoms with E-state index in [-0.39, 0.29) is 0 Å². The van der Waals surface area contributed by atoms with Crippen molar-refractivity contribution in [2.24, 2.45) is 0 Å². The van der Waals surface area contributed by atoms with Gasteiger partial charge in [0.25, 0.3) is 0 Å². The fourth-order valence-electron chi connectivity index (χ4n) is 0.110. The van der Waals surface area contributed by atoms with Crippen LogP contribution in [0.1, 0.15) is 0 Å². The fraction of sp³-hybridized carbons (Fsp3) is 0. The first-order valence-electron chi connectivity index (χ1n) is 1.63. The summed E-state index contributed by atoms with van der Waals surface area (Å²) >= 11 is 5.76. The second-order valence-electron chi connectivity index (χ2n) is 0.689. The van der Waals surface area contributed by atoms with Gasteiger partial charge in [-0.05, 0) is 33.3 Å². The molecule has 0 heterocycles. The summed E-state index contributed by atoms with van der Waals surface area (Å²) in [7, 11) is 0. The van der Waals surface area contributed by atoms with E-state index in [1.807, 2.05) is 0 Å². The molecule has 8 heavy (non-hydrogen) atoms. The predicted molar refractivity (Wildman–Crippen MR) is 41.2 cm³/mol. The summed E-state index contributed by atoms with van der Waals surface area (Å²) in [6.07, 6.45) is 0. The van der Waals surface area contributed by atoms with Crippen molar-refractivity contribution >= 4 is 31.9 Å². The summed E-state index contributed by atoms with van der Waals surface area (Å²) < 4.78 is 0. The van der Waals surface area contributed by atoms with Gasteiger partial charge in [0.05, 0.1) is 0 Å². The van der Waals surface area contributed by atoms with Crippen molar-refractivity contribution in [1.82, 2.24) is 0 Å². The van der Waals surface area contributed by atoms with Crippen LogP contribution in [0.2, 0.25) is 0 Å². The Balaban J connectivity index is 3.75. The maximum atomic E-state index is 2.88. The highest BCUT2D eigenvalue weighted by atomic mass is 79.9. The van der Waals surface area contributed by atoms with Crippen molar-refractivity contribution in [3.63, 3.8) is 0 Å². The van der Waals surface area contributed by atoms with Gasteiger partial charge in [0, 0.05) is 31.9 Å². The van der Waals surface area contributed by atoms with Gasteiger partial charge < -0.3 is 0 Å². The molecule has 0 aromatic carbocycles. The van der Waals surface area contributed by atoms with E-state index in [1.165, 1.54) is 0 Å². The van der Waals surface area contributed by atoms with E-state index < -0.39 is 0 Å². The molecule has 0 spiro atoms. The Kier molecular flexibility index (Phi) is 6.34. The molecular formula is C6Br2. The third-order valence-electron chi connectivity index (χ3n) is 0.282. The van der Waals surface area contributed by atoms with Crippen molar-refractivity contribution in [3.8, 4) is 33.3 Å². The van der Waals surface area contributed by atoms with Crippen molar-refractivity contribution < 1.29 is 0 Å². The Morgan fingerprint density at radius 2 is 1.00 bits per heavy atom. The number of hydrogen-bond acceptors (Lipinski definition) is 0. The minimum absolute atomic E-state index is 2.43. The molecule has 0 saturated carbocycles. The first-order valence-corrected chi connectivity index (χ1v) is 3.21. The quantitative estimate of drug-likeness (QED) is 0.557. The van der Waals surface area contributed by atoms with Gasteiger partial charge in [-0.15, -0.1) is 0 Å². The smallest absolute Gasteiger partial charge is 0.00984 e. The van der Waals surface area contributed by atoms with Crippen LogP contribution in [0.25, 0.3) is 0 Å². The van der Waals surface area contributed by atoms with Gasteiger partial charge in [0.1, 0.15) is 0 Å². The van der Waals surface area contributed by atoms with Gasteiger partial charge in [-0.2, -0.15) is 0 Å². The monoisotopic (exact) mass is 230 g/mol. The summed E-state index contributed by atoms with van der Waals surface area (Å²) in [6, 6.07) is 0. The van der Waals surface area contributed by atoms with E-state index in [4.69, 9.17) is 0 Å². The highest BCUT2D eigenvalue weighted by Crippen LogP contribution is 1.67. The summed E-state index contributed by atoms with van der Waals surface area (Å²) in [5.41, 5.74) is 0. The predicted octanol–water partition coefficient (Wildman–Crippen LogP) is 1.70. The fourth-order valence-corrected chi connectivity index (χ4v) is 0.308. The minimum Gasteiger partial charge on any atom is -0.00984 e. The van der Waals surface area contributed by atoms with E-state index in [9.17, 15) is 0 Å². The molecule has 0 amide bonds. The Bertz CT molecular complexity index is 196. The third kappa shape index (κ3) is 5.64. The molecule has 0 aromatic rings. The average molecular weight is 232 g/mol. The van der Waals surface area contributed by atoms with Crippen LogP contribution >= 0.6 is 31.9 Å². The highest BCUT2D eigenvalue weighted by molar-refractivity contribution is 9.12. The van der Waals surface area contributed by atoms with Crippen LogP contribution in [0.5, 0.6) is 0 Å². The zero-order valence-corrected chi connectivity index (χ0v) is 6.93. The topological polar surface area (TPSA) is 0 Å². The zero-order chi connectivity index (χ0) is 6.24. The number of rotatable bonds is 0. The van der Waals surface area contributed by atoms with Gasteiger partial charge in [-0.1, -0.05) is 0 Å². The molecule has 0 aliphatic heterocycles. The largest absolute Gasteiger partial charge is 0.0117 e. The van der Waals surface area contributed by atoms with E-state index >= 15 is 0 Å². The van der Waals surface area contributed by atoms with Crippen LogP contribution < -0.4 is 0 Å². The summed E-state index contributed by atoms with van der Waals surface area (Å²) in [6.45, 7) is 0. The van der Waals surface area contributed by atoms with E-state index in [1.54, 1.807) is 0 Å². The highest BCUT2D eigenvalue weighted by Gasteiger charge is 1.50. The molecule has 0 aromatic heterocycles. The van der Waals surface area contributed by atoms with E-state index in [0.29, 0.717) is 0 Å². The number of halogens is 2. The maximum absolute atomic E-state index is 2.88. The Labute approximate surface area is 65.3 Å². The minimum atomic E-state index is 2.43. The SMILES string of the molecule is BrC#CC#CC#CBr. The van der Waals surface area contributed by atoms with E-state index in [0.717, 1.165) is 0 Å². The molecule has 0 fully saturated rings. The molecule has 0 atom stereocenters. The second kappa shape index (κ2) is 6.64. The van der Waals surface area contributed by atoms with E-state index in [2.05, 4.69) is 65.2 Å². The molecule has 0 aliphatic carbocycles. The van der Waals surface area contributed by atoms with Crippen molar-refractivity contribution in [2.75, 3.05) is 0 Å². The molecule has 0 bridgehead atoms. The molecule has 0 nitrogen and oxygen atoms in total. The lowest BCUT2D eigenvalue weighted by atomic mass is 10.6. The van der Waals surface area contributed by atoms with Crippen LogP contribution in [-0.2, 0) is 0 Å². The van der Waals surface area contributed by atoms with Crippen LogP contribution in [0.4, 0.5) is 0 Å². The molecule has 0 aliphatic rings. The Hall–Kier alpha value is -0.360. The summed E-state index contributed by atoms with van der Waals surface area (Å²) in [5.74, 6) is 9.88. The molecule has 2 heteroatoms. The van der Waals surface area contributed by atoms with Gasteiger partial charge in [0.2, 0.25) is 0 Å². The van der Waals surface area contributed by atoms with Gasteiger partial charge >= 0.3 is 0 Å². The third-order valence-corrected chi connectivity index (χ3v) is 0.678. The molecule has 0 radical (unpaired) electrons. The van der Waals surface area contributed by atoms with Gasteiger partial charge in [0.15, 0.2) is 0 Å². The lowest BCUT2D eigenvalue weighted by Crippen LogP contribution is -1.46. The Morgan fingerprint density at radius 1 is 0.625 bits per heavy atom. The average Bonchev–Trinajstić information content (AvgIpc) is 1.81. The normalized spacial score (nSPS) is 3.75. The second-order valence-corrected chi connectivity index (χ2v) is 1.48. The van der Waals surface area contributed by atoms with Gasteiger partial charge in [-0.25, -0.2) is 0 Å². The summed E-state index contributed by atoms with van der Waals surface area (Å²) in [5, 5.41) is 0. The number of hydrogen-bond donors (Lipinski definition) is 0. The lowest BCUT2D eigenvalue weighted by molar-refractivity contribution is 2.46. The molecule has 0 unspecified atom stereocenters. The Morgan fingerprint density at radius 3 is 1.25 bits per heavy atom. The zero-order valence-electron chi connectivity index (χ0n) is 3.76.